The minimum atomic E-state index is 0. The lowest BCUT2D eigenvalue weighted by Gasteiger charge is -1.86. The van der Waals surface area contributed by atoms with Gasteiger partial charge in [0.25, 0.3) is 0 Å². The van der Waals surface area contributed by atoms with Gasteiger partial charge >= 0.3 is 0 Å². The van der Waals surface area contributed by atoms with Gasteiger partial charge in [0.1, 0.15) is 0 Å². The van der Waals surface area contributed by atoms with Crippen molar-refractivity contribution in [3.63, 3.8) is 0 Å². The number of quaternary nitrogens is 1. The summed E-state index contributed by atoms with van der Waals surface area (Å²) in [5.41, 5.74) is 0. The Balaban J connectivity index is -0.000000125. The van der Waals surface area contributed by atoms with Crippen molar-refractivity contribution in [2.24, 2.45) is 0 Å². The van der Waals surface area contributed by atoms with Crippen LogP contribution in [0.4, 0.5) is 0 Å². The second-order valence-corrected chi connectivity index (χ2v) is 1.71. The molecule has 0 fully saturated rings. The zero-order chi connectivity index (χ0) is 4.83. The largest absolute Gasteiger partial charge is 1.00 e. The van der Waals surface area contributed by atoms with Crippen LogP contribution in [-0.2, 0) is 0 Å². The van der Waals surface area contributed by atoms with Crippen LogP contribution >= 0.6 is 0 Å². The van der Waals surface area contributed by atoms with Gasteiger partial charge in [0.05, 0.1) is 0 Å². The molecule has 0 saturated carbocycles. The third-order valence-corrected chi connectivity index (χ3v) is 0.957. The van der Waals surface area contributed by atoms with Gasteiger partial charge in [-0.15, -0.1) is 0 Å². The van der Waals surface area contributed by atoms with E-state index in [2.05, 4.69) is 13.8 Å². The number of hydrogen-bond acceptors (Lipinski definition) is 0. The minimum Gasteiger partial charge on any atom is -1.00 e. The number of unbranched alkanes of at least 4 members (excludes halogenated alkanes) is 3. The van der Waals surface area contributed by atoms with Gasteiger partial charge in [-0.2, -0.15) is 0 Å². The van der Waals surface area contributed by atoms with Gasteiger partial charge in [0, 0.05) is 0 Å². The lowest BCUT2D eigenvalue weighted by atomic mass is 10.2. The zero-order valence-corrected chi connectivity index (χ0v) is 7.79. The van der Waals surface area contributed by atoms with Crippen LogP contribution < -0.4 is 23.1 Å². The molecule has 0 saturated heterocycles. The van der Waals surface area contributed by atoms with E-state index in [4.69, 9.17) is 0 Å². The van der Waals surface area contributed by atoms with Gasteiger partial charge in [0.2, 0.25) is 0 Å². The van der Waals surface area contributed by atoms with Crippen molar-refractivity contribution in [2.75, 3.05) is 0 Å². The first kappa shape index (κ1) is 15.8. The van der Waals surface area contributed by atoms with E-state index in [1.54, 1.807) is 0 Å². The van der Waals surface area contributed by atoms with Crippen molar-refractivity contribution in [3.8, 4) is 0 Å². The van der Waals surface area contributed by atoms with Crippen LogP contribution in [0.25, 0.3) is 0 Å². The molecule has 0 aliphatic carbocycles. The fraction of sp³-hybridized carbons (Fsp3) is 1.00. The second kappa shape index (κ2) is 15.7. The quantitative estimate of drug-likeness (QED) is 0.598. The SMILES string of the molecule is CCCCCC.[Br-].[NH4+]. The first-order chi connectivity index (χ1) is 2.91. The van der Waals surface area contributed by atoms with E-state index in [0.29, 0.717) is 0 Å². The Bertz CT molecular complexity index is 20.5. The molecule has 54 valence electrons. The average Bonchev–Trinajstić information content (AvgIpc) is 1.61. The first-order valence-corrected chi connectivity index (χ1v) is 2.91. The summed E-state index contributed by atoms with van der Waals surface area (Å²) in [5.74, 6) is 0. The van der Waals surface area contributed by atoms with Crippen molar-refractivity contribution >= 4 is 0 Å². The summed E-state index contributed by atoms with van der Waals surface area (Å²) in [7, 11) is 0. The van der Waals surface area contributed by atoms with Crippen LogP contribution in [0.1, 0.15) is 39.5 Å². The number of rotatable bonds is 3. The molecular weight excluding hydrogens is 166 g/mol. The van der Waals surface area contributed by atoms with Crippen molar-refractivity contribution < 1.29 is 17.0 Å². The Labute approximate surface area is 63.2 Å². The molecule has 0 unspecified atom stereocenters. The molecule has 0 amide bonds. The highest BCUT2D eigenvalue weighted by molar-refractivity contribution is 4.31. The summed E-state index contributed by atoms with van der Waals surface area (Å²) in [6.07, 6.45) is 5.54. The molecule has 0 aliphatic rings. The minimum absolute atomic E-state index is 0. The Morgan fingerprint density at radius 1 is 0.875 bits per heavy atom. The molecule has 0 aromatic rings. The lowest BCUT2D eigenvalue weighted by molar-refractivity contribution is -0.00000195. The lowest BCUT2D eigenvalue weighted by Crippen LogP contribution is -3.00. The molecule has 0 bridgehead atoms. The monoisotopic (exact) mass is 183 g/mol. The molecule has 0 radical (unpaired) electrons. The summed E-state index contributed by atoms with van der Waals surface area (Å²) < 4.78 is 0. The van der Waals surface area contributed by atoms with Crippen molar-refractivity contribution in [1.29, 1.82) is 0 Å². The topological polar surface area (TPSA) is 36.5 Å². The maximum absolute atomic E-state index is 2.23. The van der Waals surface area contributed by atoms with Crippen molar-refractivity contribution in [1.82, 2.24) is 6.15 Å². The summed E-state index contributed by atoms with van der Waals surface area (Å²) in [6.45, 7) is 4.46. The Kier molecular flexibility index (Phi) is 30.9. The van der Waals surface area contributed by atoms with Gasteiger partial charge < -0.3 is 23.1 Å². The van der Waals surface area contributed by atoms with Gasteiger partial charge in [-0.1, -0.05) is 39.5 Å². The van der Waals surface area contributed by atoms with E-state index < -0.39 is 0 Å². The smallest absolute Gasteiger partial charge is 0.0536 e. The highest BCUT2D eigenvalue weighted by atomic mass is 79.9. The molecule has 0 atom stereocenters. The fourth-order valence-corrected chi connectivity index (χ4v) is 0.500. The number of hydrogen-bond donors (Lipinski definition) is 1. The second-order valence-electron chi connectivity index (χ2n) is 1.71. The van der Waals surface area contributed by atoms with Crippen LogP contribution in [0.15, 0.2) is 0 Å². The van der Waals surface area contributed by atoms with Gasteiger partial charge in [-0.05, 0) is 0 Å². The standard InChI is InChI=1S/C6H14.BrH.H3N/c1-3-5-6-4-2;;/h3-6H2,1-2H3;1H;1H3. The van der Waals surface area contributed by atoms with Crippen molar-refractivity contribution in [3.05, 3.63) is 0 Å². The molecule has 0 aromatic heterocycles. The Morgan fingerprint density at radius 3 is 1.25 bits per heavy atom. The van der Waals surface area contributed by atoms with Crippen LogP contribution in [0.2, 0.25) is 0 Å². The van der Waals surface area contributed by atoms with E-state index in [0.717, 1.165) is 0 Å². The number of halogens is 1. The summed E-state index contributed by atoms with van der Waals surface area (Å²) in [6, 6.07) is 0. The highest BCUT2D eigenvalue weighted by Crippen LogP contribution is 1.95. The molecule has 0 heterocycles. The molecule has 2 heteroatoms. The zero-order valence-electron chi connectivity index (χ0n) is 6.21. The van der Waals surface area contributed by atoms with E-state index in [1.807, 2.05) is 0 Å². The van der Waals surface area contributed by atoms with Crippen molar-refractivity contribution in [2.45, 2.75) is 39.5 Å². The highest BCUT2D eigenvalue weighted by Gasteiger charge is 1.75. The predicted molar refractivity (Wildman–Crippen MR) is 35.8 cm³/mol. The molecular formula is C6H18BrN. The van der Waals surface area contributed by atoms with Crippen LogP contribution in [0.5, 0.6) is 0 Å². The Morgan fingerprint density at radius 2 is 1.12 bits per heavy atom. The third kappa shape index (κ3) is 16.1. The first-order valence-electron chi connectivity index (χ1n) is 2.91. The van der Waals surface area contributed by atoms with Gasteiger partial charge in [-0.3, -0.25) is 0 Å². The van der Waals surface area contributed by atoms with Crippen LogP contribution in [0, 0.1) is 0 Å². The summed E-state index contributed by atoms with van der Waals surface area (Å²) in [5, 5.41) is 0. The predicted octanol–water partition coefficient (Wildman–Crippen LogP) is -0.0332. The molecule has 1 nitrogen and oxygen atoms in total. The molecule has 0 spiro atoms. The van der Waals surface area contributed by atoms with Gasteiger partial charge in [-0.25, -0.2) is 0 Å². The van der Waals surface area contributed by atoms with Crippen LogP contribution in [0.3, 0.4) is 0 Å². The van der Waals surface area contributed by atoms with E-state index in [9.17, 15) is 0 Å². The summed E-state index contributed by atoms with van der Waals surface area (Å²) in [4.78, 5) is 0. The normalized spacial score (nSPS) is 6.75. The third-order valence-electron chi connectivity index (χ3n) is 0.957. The van der Waals surface area contributed by atoms with Gasteiger partial charge in [0.15, 0.2) is 0 Å². The van der Waals surface area contributed by atoms with E-state index >= 15 is 0 Å². The molecule has 0 aromatic carbocycles. The average molecular weight is 184 g/mol. The maximum Gasteiger partial charge on any atom is -0.0536 e. The molecule has 4 N–H and O–H groups in total. The van der Waals surface area contributed by atoms with E-state index in [-0.39, 0.29) is 23.1 Å². The fourth-order valence-electron chi connectivity index (χ4n) is 0.500. The Hall–Kier alpha value is 0.440. The molecule has 0 aliphatic heterocycles. The van der Waals surface area contributed by atoms with Crippen LogP contribution in [-0.4, -0.2) is 0 Å². The molecule has 0 rings (SSSR count). The molecule has 8 heavy (non-hydrogen) atoms. The maximum atomic E-state index is 2.23. The van der Waals surface area contributed by atoms with E-state index in [1.165, 1.54) is 25.7 Å². The summed E-state index contributed by atoms with van der Waals surface area (Å²) >= 11 is 0.